The van der Waals surface area contributed by atoms with E-state index in [1.807, 2.05) is 0 Å². The third kappa shape index (κ3) is 3.36. The number of hydrogen-bond acceptors (Lipinski definition) is 2. The van der Waals surface area contributed by atoms with E-state index < -0.39 is 18.0 Å². The van der Waals surface area contributed by atoms with Gasteiger partial charge in [0.25, 0.3) is 0 Å². The van der Waals surface area contributed by atoms with Crippen LogP contribution in [0.3, 0.4) is 0 Å². The number of aryl methyl sites for hydroxylation is 1. The first-order chi connectivity index (χ1) is 8.88. The number of rotatable bonds is 3. The molecule has 3 nitrogen and oxygen atoms in total. The maximum Gasteiger partial charge on any atom is 0.392 e. The number of aromatic nitrogens is 2. The summed E-state index contributed by atoms with van der Waals surface area (Å²) in [4.78, 5) is 12.1. The Morgan fingerprint density at radius 1 is 1.42 bits per heavy atom. The van der Waals surface area contributed by atoms with Gasteiger partial charge in [0.2, 0.25) is 0 Å². The summed E-state index contributed by atoms with van der Waals surface area (Å²) in [5.41, 5.74) is 0.541. The van der Waals surface area contributed by atoms with Crippen molar-refractivity contribution in [3.05, 3.63) is 18.0 Å². The molecule has 0 bridgehead atoms. The molecule has 1 heterocycles. The summed E-state index contributed by atoms with van der Waals surface area (Å²) in [5.74, 6) is -2.70. The monoisotopic (exact) mass is 274 g/mol. The summed E-state index contributed by atoms with van der Waals surface area (Å²) in [5, 5.41) is 4.05. The molecule has 0 spiro atoms. The fourth-order valence-corrected chi connectivity index (χ4v) is 2.78. The van der Waals surface area contributed by atoms with E-state index in [0.29, 0.717) is 25.0 Å². The van der Waals surface area contributed by atoms with Gasteiger partial charge < -0.3 is 0 Å². The number of carbonyl (C=O) groups excluding carboxylic acids is 1. The SMILES string of the molecule is Cn1ccc(CC(=O)C2CCCCC2C(F)(F)F)n1. The van der Waals surface area contributed by atoms with Crippen LogP contribution in [0.2, 0.25) is 0 Å². The van der Waals surface area contributed by atoms with Crippen molar-refractivity contribution in [2.75, 3.05) is 0 Å². The van der Waals surface area contributed by atoms with Gasteiger partial charge in [0.05, 0.1) is 18.0 Å². The highest BCUT2D eigenvalue weighted by Gasteiger charge is 2.47. The van der Waals surface area contributed by atoms with Gasteiger partial charge in [-0.1, -0.05) is 12.8 Å². The third-order valence-electron chi connectivity index (χ3n) is 3.72. The van der Waals surface area contributed by atoms with E-state index in [-0.39, 0.29) is 18.6 Å². The van der Waals surface area contributed by atoms with Crippen molar-refractivity contribution in [3.63, 3.8) is 0 Å². The number of alkyl halides is 3. The highest BCUT2D eigenvalue weighted by Crippen LogP contribution is 2.42. The van der Waals surface area contributed by atoms with Crippen LogP contribution in [0.15, 0.2) is 12.3 Å². The fourth-order valence-electron chi connectivity index (χ4n) is 2.78. The van der Waals surface area contributed by atoms with E-state index in [0.717, 1.165) is 0 Å². The molecule has 0 radical (unpaired) electrons. The summed E-state index contributed by atoms with van der Waals surface area (Å²) in [6.07, 6.45) is -0.922. The van der Waals surface area contributed by atoms with E-state index in [1.54, 1.807) is 24.0 Å². The second kappa shape index (κ2) is 5.35. The van der Waals surface area contributed by atoms with Gasteiger partial charge in [-0.15, -0.1) is 0 Å². The quantitative estimate of drug-likeness (QED) is 0.849. The van der Waals surface area contributed by atoms with Gasteiger partial charge in [-0.3, -0.25) is 9.48 Å². The summed E-state index contributed by atoms with van der Waals surface area (Å²) in [7, 11) is 1.72. The Balaban J connectivity index is 2.07. The number of hydrogen-bond donors (Lipinski definition) is 0. The molecule has 2 rings (SSSR count). The molecule has 1 aliphatic carbocycles. The Bertz CT molecular complexity index is 453. The largest absolute Gasteiger partial charge is 0.392 e. The van der Waals surface area contributed by atoms with Crippen LogP contribution in [0.4, 0.5) is 13.2 Å². The summed E-state index contributed by atoms with van der Waals surface area (Å²) >= 11 is 0. The summed E-state index contributed by atoms with van der Waals surface area (Å²) in [6.45, 7) is 0. The molecule has 0 amide bonds. The number of carbonyl (C=O) groups is 1. The average molecular weight is 274 g/mol. The first kappa shape index (κ1) is 14.1. The van der Waals surface area contributed by atoms with E-state index in [1.165, 1.54) is 0 Å². The molecule has 106 valence electrons. The highest BCUT2D eigenvalue weighted by molar-refractivity contribution is 5.83. The molecule has 0 aromatic carbocycles. The molecule has 2 atom stereocenters. The molecule has 6 heteroatoms. The minimum Gasteiger partial charge on any atom is -0.299 e. The molecule has 19 heavy (non-hydrogen) atoms. The van der Waals surface area contributed by atoms with Crippen LogP contribution in [0, 0.1) is 11.8 Å². The Morgan fingerprint density at radius 3 is 2.68 bits per heavy atom. The fraction of sp³-hybridized carbons (Fsp3) is 0.692. The number of ketones is 1. The van der Waals surface area contributed by atoms with Crippen molar-refractivity contribution in [1.29, 1.82) is 0 Å². The number of nitrogens with zero attached hydrogens (tertiary/aromatic N) is 2. The van der Waals surface area contributed by atoms with Crippen molar-refractivity contribution in [2.24, 2.45) is 18.9 Å². The van der Waals surface area contributed by atoms with E-state index in [4.69, 9.17) is 0 Å². The van der Waals surface area contributed by atoms with E-state index in [9.17, 15) is 18.0 Å². The Kier molecular flexibility index (Phi) is 3.96. The first-order valence-electron chi connectivity index (χ1n) is 6.46. The zero-order chi connectivity index (χ0) is 14.0. The second-order valence-corrected chi connectivity index (χ2v) is 5.16. The maximum atomic E-state index is 12.9. The molecular formula is C13H17F3N2O. The smallest absolute Gasteiger partial charge is 0.299 e. The van der Waals surface area contributed by atoms with Gasteiger partial charge in [0, 0.05) is 19.2 Å². The lowest BCUT2D eigenvalue weighted by Crippen LogP contribution is -2.37. The average Bonchev–Trinajstić information content (AvgIpc) is 2.73. The Morgan fingerprint density at radius 2 is 2.11 bits per heavy atom. The van der Waals surface area contributed by atoms with Crippen LogP contribution in [0.1, 0.15) is 31.4 Å². The van der Waals surface area contributed by atoms with Crippen LogP contribution in [0.5, 0.6) is 0 Å². The van der Waals surface area contributed by atoms with Gasteiger partial charge in [-0.2, -0.15) is 18.3 Å². The van der Waals surface area contributed by atoms with Crippen molar-refractivity contribution in [2.45, 2.75) is 38.3 Å². The molecule has 1 aliphatic rings. The van der Waals surface area contributed by atoms with Crippen LogP contribution in [-0.4, -0.2) is 21.7 Å². The summed E-state index contributed by atoms with van der Waals surface area (Å²) < 4.78 is 40.3. The highest BCUT2D eigenvalue weighted by atomic mass is 19.4. The Labute approximate surface area is 109 Å². The van der Waals surface area contributed by atoms with Crippen LogP contribution >= 0.6 is 0 Å². The molecule has 2 unspecified atom stereocenters. The van der Waals surface area contributed by atoms with E-state index >= 15 is 0 Å². The Hall–Kier alpha value is -1.33. The van der Waals surface area contributed by atoms with Crippen molar-refractivity contribution >= 4 is 5.78 Å². The molecular weight excluding hydrogens is 257 g/mol. The molecule has 1 aromatic rings. The van der Waals surface area contributed by atoms with Crippen LogP contribution in [-0.2, 0) is 18.3 Å². The standard InChI is InChI=1S/C13H17F3N2O/c1-18-7-6-9(17-18)8-12(19)10-4-2-3-5-11(10)13(14,15)16/h6-7,10-11H,2-5,8H2,1H3. The molecule has 0 saturated heterocycles. The van der Waals surface area contributed by atoms with Gasteiger partial charge in [-0.05, 0) is 18.9 Å². The normalized spacial score (nSPS) is 24.4. The molecule has 1 aromatic heterocycles. The zero-order valence-electron chi connectivity index (χ0n) is 10.8. The minimum atomic E-state index is -4.27. The second-order valence-electron chi connectivity index (χ2n) is 5.16. The van der Waals surface area contributed by atoms with Gasteiger partial charge in [-0.25, -0.2) is 0 Å². The van der Waals surface area contributed by atoms with Crippen LogP contribution in [0.25, 0.3) is 0 Å². The first-order valence-corrected chi connectivity index (χ1v) is 6.46. The van der Waals surface area contributed by atoms with Gasteiger partial charge in [0.15, 0.2) is 0 Å². The maximum absolute atomic E-state index is 12.9. The lowest BCUT2D eigenvalue weighted by Gasteiger charge is -2.31. The van der Waals surface area contributed by atoms with E-state index in [2.05, 4.69) is 5.10 Å². The molecule has 0 aliphatic heterocycles. The lowest BCUT2D eigenvalue weighted by molar-refractivity contribution is -0.197. The molecule has 0 N–H and O–H groups in total. The molecule has 1 saturated carbocycles. The van der Waals surface area contributed by atoms with Gasteiger partial charge in [0.1, 0.15) is 5.78 Å². The topological polar surface area (TPSA) is 34.9 Å². The predicted molar refractivity (Wildman–Crippen MR) is 63.4 cm³/mol. The number of Topliss-reactive ketones (excluding diaryl/α,β-unsaturated/α-hetero) is 1. The summed E-state index contributed by atoms with van der Waals surface area (Å²) in [6, 6.07) is 1.67. The predicted octanol–water partition coefficient (Wildman–Crippen LogP) is 2.90. The third-order valence-corrected chi connectivity index (χ3v) is 3.72. The zero-order valence-corrected chi connectivity index (χ0v) is 10.8. The van der Waals surface area contributed by atoms with Crippen molar-refractivity contribution in [3.8, 4) is 0 Å². The van der Waals surface area contributed by atoms with Crippen molar-refractivity contribution < 1.29 is 18.0 Å². The van der Waals surface area contributed by atoms with Gasteiger partial charge >= 0.3 is 6.18 Å². The number of halogens is 3. The van der Waals surface area contributed by atoms with Crippen molar-refractivity contribution in [1.82, 2.24) is 9.78 Å². The lowest BCUT2D eigenvalue weighted by atomic mass is 9.75. The minimum absolute atomic E-state index is 0.00190. The molecule has 1 fully saturated rings. The van der Waals surface area contributed by atoms with Crippen LogP contribution < -0.4 is 0 Å².